The number of nitrogens with zero attached hydrogens (tertiary/aromatic N) is 6. The number of likely N-dealkylation sites (tertiary alicyclic amines) is 1. The lowest BCUT2D eigenvalue weighted by atomic mass is 10.1. The van der Waals surface area contributed by atoms with Crippen LogP contribution in [0.25, 0.3) is 0 Å². The number of aromatic nitrogens is 3. The SMILES string of the molecule is CN1CCN(c2cnn(C3CN(CCn4ccccc4=O)C3)c2)C1=O. The van der Waals surface area contributed by atoms with Crippen LogP contribution in [0, 0.1) is 0 Å². The van der Waals surface area contributed by atoms with E-state index < -0.39 is 0 Å². The molecular formula is C17H22N6O2. The van der Waals surface area contributed by atoms with Gasteiger partial charge < -0.3 is 9.47 Å². The molecule has 4 heterocycles. The van der Waals surface area contributed by atoms with Crippen LogP contribution in [-0.2, 0) is 6.54 Å². The van der Waals surface area contributed by atoms with Gasteiger partial charge in [-0.25, -0.2) is 4.79 Å². The summed E-state index contributed by atoms with van der Waals surface area (Å²) in [5.41, 5.74) is 0.903. The van der Waals surface area contributed by atoms with E-state index in [1.54, 1.807) is 32.7 Å². The first-order valence-corrected chi connectivity index (χ1v) is 8.56. The van der Waals surface area contributed by atoms with E-state index in [0.717, 1.165) is 31.9 Å². The van der Waals surface area contributed by atoms with E-state index >= 15 is 0 Å². The molecular weight excluding hydrogens is 320 g/mol. The minimum atomic E-state index is 0.0306. The van der Waals surface area contributed by atoms with Gasteiger partial charge in [0.05, 0.1) is 17.9 Å². The Labute approximate surface area is 145 Å². The third-order valence-corrected chi connectivity index (χ3v) is 4.98. The third-order valence-electron chi connectivity index (χ3n) is 4.98. The maximum absolute atomic E-state index is 12.0. The molecule has 0 bridgehead atoms. The molecule has 2 saturated heterocycles. The fourth-order valence-corrected chi connectivity index (χ4v) is 3.34. The normalized spacial score (nSPS) is 18.8. The van der Waals surface area contributed by atoms with E-state index in [1.165, 1.54) is 0 Å². The Morgan fingerprint density at radius 1 is 1.16 bits per heavy atom. The molecule has 2 fully saturated rings. The maximum Gasteiger partial charge on any atom is 0.324 e. The van der Waals surface area contributed by atoms with Gasteiger partial charge in [0.1, 0.15) is 0 Å². The Bertz CT molecular complexity index is 822. The first-order chi connectivity index (χ1) is 12.1. The summed E-state index contributed by atoms with van der Waals surface area (Å²) in [4.78, 5) is 29.5. The minimum absolute atomic E-state index is 0.0306. The van der Waals surface area contributed by atoms with Gasteiger partial charge in [-0.3, -0.25) is 19.3 Å². The van der Waals surface area contributed by atoms with Gasteiger partial charge in [-0.15, -0.1) is 0 Å². The van der Waals surface area contributed by atoms with Crippen molar-refractivity contribution < 1.29 is 4.79 Å². The summed E-state index contributed by atoms with van der Waals surface area (Å²) in [6.45, 7) is 4.84. The number of hydrogen-bond acceptors (Lipinski definition) is 4. The van der Waals surface area contributed by atoms with Crippen molar-refractivity contribution in [1.29, 1.82) is 0 Å². The first kappa shape index (κ1) is 15.9. The average Bonchev–Trinajstić information content (AvgIpc) is 3.16. The van der Waals surface area contributed by atoms with Gasteiger partial charge in [-0.1, -0.05) is 6.07 Å². The zero-order valence-electron chi connectivity index (χ0n) is 14.3. The lowest BCUT2D eigenvalue weighted by Gasteiger charge is -2.39. The lowest BCUT2D eigenvalue weighted by Crippen LogP contribution is -2.49. The molecule has 0 radical (unpaired) electrons. The molecule has 0 aromatic carbocycles. The fraction of sp³-hybridized carbons (Fsp3) is 0.471. The van der Waals surface area contributed by atoms with Crippen LogP contribution in [0.2, 0.25) is 0 Å². The zero-order chi connectivity index (χ0) is 17.4. The Morgan fingerprint density at radius 3 is 2.72 bits per heavy atom. The quantitative estimate of drug-likeness (QED) is 0.792. The molecule has 0 aliphatic carbocycles. The molecule has 0 N–H and O–H groups in total. The van der Waals surface area contributed by atoms with Crippen molar-refractivity contribution in [2.45, 2.75) is 12.6 Å². The molecule has 2 aromatic rings. The van der Waals surface area contributed by atoms with Gasteiger partial charge in [-0.2, -0.15) is 5.10 Å². The Balaban J connectivity index is 1.30. The Kier molecular flexibility index (Phi) is 4.04. The van der Waals surface area contributed by atoms with Crippen LogP contribution in [0.3, 0.4) is 0 Å². The molecule has 8 nitrogen and oxygen atoms in total. The number of carbonyl (C=O) groups is 1. The Morgan fingerprint density at radius 2 is 2.00 bits per heavy atom. The molecule has 0 spiro atoms. The zero-order valence-corrected chi connectivity index (χ0v) is 14.3. The summed E-state index contributed by atoms with van der Waals surface area (Å²) >= 11 is 0. The van der Waals surface area contributed by atoms with Gasteiger partial charge in [0.15, 0.2) is 0 Å². The minimum Gasteiger partial charge on any atom is -0.326 e. The van der Waals surface area contributed by atoms with E-state index in [1.807, 2.05) is 30.2 Å². The number of likely N-dealkylation sites (N-methyl/N-ethyl adjacent to an activating group) is 1. The molecule has 0 unspecified atom stereocenters. The molecule has 2 aliphatic heterocycles. The molecule has 8 heteroatoms. The maximum atomic E-state index is 12.0. The third kappa shape index (κ3) is 3.05. The summed E-state index contributed by atoms with van der Waals surface area (Å²) < 4.78 is 3.68. The number of amides is 2. The summed E-state index contributed by atoms with van der Waals surface area (Å²) in [5, 5.41) is 4.43. The topological polar surface area (TPSA) is 66.6 Å². The van der Waals surface area contributed by atoms with Crippen LogP contribution in [0.4, 0.5) is 10.5 Å². The molecule has 25 heavy (non-hydrogen) atoms. The number of carbonyl (C=O) groups excluding carboxylic acids is 1. The van der Waals surface area contributed by atoms with Crippen molar-refractivity contribution in [3.8, 4) is 0 Å². The van der Waals surface area contributed by atoms with Crippen LogP contribution in [0.1, 0.15) is 6.04 Å². The largest absolute Gasteiger partial charge is 0.326 e. The monoisotopic (exact) mass is 342 g/mol. The Hall–Kier alpha value is -2.61. The van der Waals surface area contributed by atoms with Gasteiger partial charge in [-0.05, 0) is 6.07 Å². The van der Waals surface area contributed by atoms with E-state index in [-0.39, 0.29) is 11.6 Å². The highest BCUT2D eigenvalue weighted by Crippen LogP contribution is 2.24. The highest BCUT2D eigenvalue weighted by molar-refractivity contribution is 5.93. The molecule has 132 valence electrons. The number of hydrogen-bond donors (Lipinski definition) is 0. The molecule has 0 saturated carbocycles. The van der Waals surface area contributed by atoms with E-state index in [0.29, 0.717) is 19.1 Å². The van der Waals surface area contributed by atoms with E-state index in [4.69, 9.17) is 0 Å². The molecule has 2 aliphatic rings. The van der Waals surface area contributed by atoms with E-state index in [9.17, 15) is 9.59 Å². The van der Waals surface area contributed by atoms with Crippen molar-refractivity contribution in [2.24, 2.45) is 0 Å². The van der Waals surface area contributed by atoms with Gasteiger partial charge in [0, 0.05) is 64.8 Å². The van der Waals surface area contributed by atoms with E-state index in [2.05, 4.69) is 10.00 Å². The fourth-order valence-electron chi connectivity index (χ4n) is 3.34. The van der Waals surface area contributed by atoms with Gasteiger partial charge in [0.25, 0.3) is 5.56 Å². The number of pyridine rings is 1. The molecule has 2 aromatic heterocycles. The van der Waals surface area contributed by atoms with Crippen LogP contribution in [0.5, 0.6) is 0 Å². The van der Waals surface area contributed by atoms with Crippen molar-refractivity contribution in [2.75, 3.05) is 44.7 Å². The number of urea groups is 1. The summed E-state index contributed by atoms with van der Waals surface area (Å²) in [7, 11) is 1.81. The van der Waals surface area contributed by atoms with Crippen LogP contribution in [-0.4, -0.2) is 69.9 Å². The highest BCUT2D eigenvalue weighted by atomic mass is 16.2. The second kappa shape index (κ2) is 6.36. The summed E-state index contributed by atoms with van der Waals surface area (Å²) in [5.74, 6) is 0. The predicted molar refractivity (Wildman–Crippen MR) is 93.8 cm³/mol. The molecule has 0 atom stereocenters. The second-order valence-electron chi connectivity index (χ2n) is 6.68. The lowest BCUT2D eigenvalue weighted by molar-refractivity contribution is 0.0943. The van der Waals surface area contributed by atoms with Crippen molar-refractivity contribution in [3.05, 3.63) is 47.1 Å². The van der Waals surface area contributed by atoms with Gasteiger partial charge in [0.2, 0.25) is 0 Å². The first-order valence-electron chi connectivity index (χ1n) is 8.56. The molecule has 4 rings (SSSR count). The van der Waals surface area contributed by atoms with Crippen LogP contribution < -0.4 is 10.5 Å². The van der Waals surface area contributed by atoms with Crippen LogP contribution in [0.15, 0.2) is 41.6 Å². The number of anilines is 1. The van der Waals surface area contributed by atoms with Gasteiger partial charge >= 0.3 is 6.03 Å². The summed E-state index contributed by atoms with van der Waals surface area (Å²) in [6, 6.07) is 5.58. The smallest absolute Gasteiger partial charge is 0.324 e. The standard InChI is InChI=1S/C17H22N6O2/c1-19-6-9-22(17(19)25)14-10-18-23(13-14)15-11-20(12-15)7-8-21-5-3-2-4-16(21)24/h2-5,10,13,15H,6-9,11-12H2,1H3. The highest BCUT2D eigenvalue weighted by Gasteiger charge is 2.31. The number of rotatable bonds is 5. The van der Waals surface area contributed by atoms with Crippen molar-refractivity contribution in [1.82, 2.24) is 24.1 Å². The second-order valence-corrected chi connectivity index (χ2v) is 6.68. The molecule has 2 amide bonds. The van der Waals surface area contributed by atoms with Crippen molar-refractivity contribution in [3.63, 3.8) is 0 Å². The van der Waals surface area contributed by atoms with Crippen molar-refractivity contribution >= 4 is 11.7 Å². The predicted octanol–water partition coefficient (Wildman–Crippen LogP) is 0.474. The summed E-state index contributed by atoms with van der Waals surface area (Å²) in [6.07, 6.45) is 5.55. The average molecular weight is 342 g/mol. The van der Waals surface area contributed by atoms with Crippen LogP contribution >= 0.6 is 0 Å².